The summed E-state index contributed by atoms with van der Waals surface area (Å²) in [5.41, 5.74) is -1.58. The first kappa shape index (κ1) is 19.8. The molecule has 5 rings (SSSR count). The van der Waals surface area contributed by atoms with Gasteiger partial charge in [-0.25, -0.2) is 4.79 Å². The fraction of sp³-hybridized carbons (Fsp3) is 0.286. The monoisotopic (exact) mass is 445 g/mol. The largest absolute Gasteiger partial charge is 0.457 e. The lowest BCUT2D eigenvalue weighted by molar-refractivity contribution is -0.137. The molecule has 1 atom stereocenters. The quantitative estimate of drug-likeness (QED) is 0.562. The van der Waals surface area contributed by atoms with Gasteiger partial charge in [0.2, 0.25) is 0 Å². The molecule has 2 heterocycles. The summed E-state index contributed by atoms with van der Waals surface area (Å²) in [5, 5.41) is 9.03. The zero-order valence-corrected chi connectivity index (χ0v) is 16.7. The van der Waals surface area contributed by atoms with Crippen molar-refractivity contribution < 1.29 is 27.5 Å². The molecule has 2 aromatic carbocycles. The smallest absolute Gasteiger partial charge is 0.417 e. The molecule has 1 aliphatic carbocycles. The number of hydrogen-bond donors (Lipinski definition) is 1. The van der Waals surface area contributed by atoms with Gasteiger partial charge in [0.25, 0.3) is 5.91 Å². The zero-order chi connectivity index (χ0) is 22.1. The predicted octanol–water partition coefficient (Wildman–Crippen LogP) is 3.85. The Kier molecular flexibility index (Phi) is 4.08. The molecule has 3 aliphatic rings. The Morgan fingerprint density at radius 2 is 1.84 bits per heavy atom. The molecule has 2 aromatic rings. The summed E-state index contributed by atoms with van der Waals surface area (Å²) >= 11 is 4.58. The van der Waals surface area contributed by atoms with Gasteiger partial charge in [-0.2, -0.15) is 18.4 Å². The number of anilines is 2. The zero-order valence-electron chi connectivity index (χ0n) is 15.8. The van der Waals surface area contributed by atoms with Crippen LogP contribution in [0.25, 0.3) is 0 Å². The average Bonchev–Trinajstić information content (AvgIpc) is 3.39. The van der Waals surface area contributed by atoms with Crippen molar-refractivity contribution in [2.45, 2.75) is 36.7 Å². The third kappa shape index (κ3) is 2.80. The maximum atomic E-state index is 13.4. The van der Waals surface area contributed by atoms with Gasteiger partial charge in [-0.05, 0) is 49.2 Å². The first-order valence-electron chi connectivity index (χ1n) is 9.40. The highest BCUT2D eigenvalue weighted by Gasteiger charge is 2.64. The summed E-state index contributed by atoms with van der Waals surface area (Å²) in [6.45, 7) is 0.127. The van der Waals surface area contributed by atoms with Gasteiger partial charge in [0.15, 0.2) is 5.50 Å². The molecule has 158 valence electrons. The van der Waals surface area contributed by atoms with E-state index in [9.17, 15) is 22.8 Å². The first-order valence-corrected chi connectivity index (χ1v) is 9.91. The molecule has 0 N–H and O–H groups in total. The third-order valence-electron chi connectivity index (χ3n) is 5.92. The van der Waals surface area contributed by atoms with Crippen molar-refractivity contribution in [2.24, 2.45) is 0 Å². The Bertz CT molecular complexity index is 1190. The molecule has 0 radical (unpaired) electrons. The summed E-state index contributed by atoms with van der Waals surface area (Å²) in [6.07, 6.45) is -3.66. The number of carbonyl (C=O) groups is 2. The summed E-state index contributed by atoms with van der Waals surface area (Å²) in [4.78, 5) is 28.0. The van der Waals surface area contributed by atoms with Crippen molar-refractivity contribution in [3.63, 3.8) is 0 Å². The summed E-state index contributed by atoms with van der Waals surface area (Å²) in [5.74, 6) is -0.764. The minimum atomic E-state index is -4.74. The van der Waals surface area contributed by atoms with Gasteiger partial charge in [0.1, 0.15) is 12.1 Å². The average molecular weight is 445 g/mol. The number of benzene rings is 2. The van der Waals surface area contributed by atoms with Gasteiger partial charge in [0.05, 0.1) is 22.8 Å². The van der Waals surface area contributed by atoms with Gasteiger partial charge in [0, 0.05) is 16.9 Å². The molecule has 6 nitrogen and oxygen atoms in total. The molecule has 0 aromatic heterocycles. The number of carbonyl (C=O) groups excluding carboxylic acids is 2. The van der Waals surface area contributed by atoms with Crippen molar-refractivity contribution in [2.75, 3.05) is 9.80 Å². The van der Waals surface area contributed by atoms with Gasteiger partial charge in [-0.15, -0.1) is 12.6 Å². The molecule has 1 spiro atoms. The Balaban J connectivity index is 1.57. The van der Waals surface area contributed by atoms with Crippen molar-refractivity contribution >= 4 is 35.9 Å². The van der Waals surface area contributed by atoms with E-state index in [1.807, 2.05) is 0 Å². The maximum absolute atomic E-state index is 13.4. The molecule has 2 aliphatic heterocycles. The molecule has 1 amide bonds. The van der Waals surface area contributed by atoms with Crippen molar-refractivity contribution in [3.8, 4) is 6.07 Å². The number of thiol groups is 1. The molecule has 1 unspecified atom stereocenters. The second-order valence-electron chi connectivity index (χ2n) is 7.68. The standard InChI is InChI=1S/C21H14F3N3O3S/c22-21(23,24)16-8-13(2-1-11(16)9-25)26-18(29)20(5-6-20)27(19(26)31)14-3-4-15-12(7-14)10-30-17(15)28/h1-4,7-8,19,31H,5-6,10H2. The van der Waals surface area contributed by atoms with Crippen LogP contribution in [-0.2, 0) is 22.3 Å². The topological polar surface area (TPSA) is 73.6 Å². The Labute approximate surface area is 180 Å². The van der Waals surface area contributed by atoms with Crippen LogP contribution in [0.3, 0.4) is 0 Å². The van der Waals surface area contributed by atoms with E-state index < -0.39 is 34.3 Å². The van der Waals surface area contributed by atoms with Crippen LogP contribution < -0.4 is 9.80 Å². The lowest BCUT2D eigenvalue weighted by Gasteiger charge is -2.30. The normalized spacial score (nSPS) is 21.3. The van der Waals surface area contributed by atoms with E-state index in [0.29, 0.717) is 29.7 Å². The van der Waals surface area contributed by atoms with Crippen LogP contribution in [0.1, 0.15) is 39.9 Å². The number of fused-ring (bicyclic) bond motifs is 1. The number of alkyl halides is 3. The van der Waals surface area contributed by atoms with E-state index in [-0.39, 0.29) is 18.2 Å². The van der Waals surface area contributed by atoms with E-state index in [4.69, 9.17) is 10.00 Å². The number of ether oxygens (including phenoxy) is 1. The highest BCUT2D eigenvalue weighted by Crippen LogP contribution is 2.54. The second kappa shape index (κ2) is 6.40. The molecule has 1 saturated heterocycles. The van der Waals surface area contributed by atoms with Crippen molar-refractivity contribution in [3.05, 3.63) is 58.7 Å². The first-order chi connectivity index (χ1) is 14.7. The summed E-state index contributed by atoms with van der Waals surface area (Å²) in [7, 11) is 0. The van der Waals surface area contributed by atoms with Gasteiger partial charge < -0.3 is 9.64 Å². The van der Waals surface area contributed by atoms with Crippen LogP contribution in [0.15, 0.2) is 36.4 Å². The van der Waals surface area contributed by atoms with Crippen molar-refractivity contribution in [1.29, 1.82) is 5.26 Å². The molecule has 2 fully saturated rings. The maximum Gasteiger partial charge on any atom is 0.417 e. The molecular formula is C21H14F3N3O3S. The van der Waals surface area contributed by atoms with Gasteiger partial charge in [-0.1, -0.05) is 0 Å². The van der Waals surface area contributed by atoms with E-state index in [0.717, 1.165) is 12.1 Å². The molecule has 10 heteroatoms. The predicted molar refractivity (Wildman–Crippen MR) is 106 cm³/mol. The van der Waals surface area contributed by atoms with Crippen LogP contribution in [-0.4, -0.2) is 22.9 Å². The van der Waals surface area contributed by atoms with E-state index >= 15 is 0 Å². The van der Waals surface area contributed by atoms with E-state index in [1.54, 1.807) is 29.2 Å². The van der Waals surface area contributed by atoms with Crippen LogP contribution >= 0.6 is 12.6 Å². The number of rotatable bonds is 2. The summed E-state index contributed by atoms with van der Waals surface area (Å²) < 4.78 is 45.3. The highest BCUT2D eigenvalue weighted by molar-refractivity contribution is 7.81. The SMILES string of the molecule is N#Cc1ccc(N2C(=O)C3(CC3)N(c3ccc4c(c3)COC4=O)C2S)cc1C(F)(F)F. The fourth-order valence-electron chi connectivity index (χ4n) is 4.26. The molecular weight excluding hydrogens is 431 g/mol. The second-order valence-corrected chi connectivity index (χ2v) is 8.14. The van der Waals surface area contributed by atoms with E-state index in [2.05, 4.69) is 12.6 Å². The lowest BCUT2D eigenvalue weighted by atomic mass is 10.1. The lowest BCUT2D eigenvalue weighted by Crippen LogP contribution is -2.38. The number of hydrogen-bond acceptors (Lipinski definition) is 6. The minimum Gasteiger partial charge on any atom is -0.457 e. The molecule has 31 heavy (non-hydrogen) atoms. The Morgan fingerprint density at radius 3 is 2.48 bits per heavy atom. The molecule has 0 bridgehead atoms. The Hall–Kier alpha value is -3.19. The van der Waals surface area contributed by atoms with E-state index in [1.165, 1.54) is 11.0 Å². The van der Waals surface area contributed by atoms with Crippen molar-refractivity contribution in [1.82, 2.24) is 0 Å². The Morgan fingerprint density at radius 1 is 1.13 bits per heavy atom. The number of amides is 1. The number of nitriles is 1. The van der Waals surface area contributed by atoms with Crippen LogP contribution in [0.5, 0.6) is 0 Å². The summed E-state index contributed by atoms with van der Waals surface area (Å²) in [6, 6.07) is 9.79. The number of nitrogens with zero attached hydrogens (tertiary/aromatic N) is 3. The van der Waals surface area contributed by atoms with Crippen LogP contribution in [0.2, 0.25) is 0 Å². The fourth-order valence-corrected chi connectivity index (χ4v) is 4.85. The van der Waals surface area contributed by atoms with Crippen LogP contribution in [0, 0.1) is 11.3 Å². The number of cyclic esters (lactones) is 1. The molecule has 1 saturated carbocycles. The highest BCUT2D eigenvalue weighted by atomic mass is 32.1. The van der Waals surface area contributed by atoms with Gasteiger partial charge >= 0.3 is 12.1 Å². The number of halogens is 3. The minimum absolute atomic E-state index is 0.0183. The van der Waals surface area contributed by atoms with Gasteiger partial charge in [-0.3, -0.25) is 9.69 Å². The van der Waals surface area contributed by atoms with Crippen LogP contribution in [0.4, 0.5) is 24.5 Å². The number of esters is 1. The third-order valence-corrected chi connectivity index (χ3v) is 6.38.